The number of amides is 2. The van der Waals surface area contributed by atoms with E-state index in [1.807, 2.05) is 0 Å². The Morgan fingerprint density at radius 3 is 2.50 bits per heavy atom. The normalized spacial score (nSPS) is 22.6. The van der Waals surface area contributed by atoms with Crippen molar-refractivity contribution in [2.45, 2.75) is 31.7 Å². The summed E-state index contributed by atoms with van der Waals surface area (Å²) >= 11 is 0. The van der Waals surface area contributed by atoms with Crippen LogP contribution in [-0.2, 0) is 0 Å². The van der Waals surface area contributed by atoms with Gasteiger partial charge in [0, 0.05) is 25.7 Å². The lowest BCUT2D eigenvalue weighted by atomic mass is 9.86. The third-order valence-corrected chi connectivity index (χ3v) is 3.80. The molecule has 0 aromatic rings. The van der Waals surface area contributed by atoms with Gasteiger partial charge in [0.15, 0.2) is 0 Å². The van der Waals surface area contributed by atoms with E-state index in [0.717, 1.165) is 25.3 Å². The fourth-order valence-electron chi connectivity index (χ4n) is 2.82. The van der Waals surface area contributed by atoms with Gasteiger partial charge in [-0.15, -0.1) is 6.58 Å². The van der Waals surface area contributed by atoms with E-state index in [2.05, 4.69) is 30.9 Å². The van der Waals surface area contributed by atoms with Crippen LogP contribution in [0.2, 0.25) is 0 Å². The fraction of sp³-hybridized carbons (Fsp3) is 0.800. The predicted octanol–water partition coefficient (Wildman–Crippen LogP) is 1.30. The zero-order chi connectivity index (χ0) is 15.0. The Labute approximate surface area is 122 Å². The summed E-state index contributed by atoms with van der Waals surface area (Å²) in [6.07, 6.45) is 6.12. The maximum absolute atomic E-state index is 12.1. The maximum atomic E-state index is 12.1. The zero-order valence-corrected chi connectivity index (χ0v) is 12.8. The third-order valence-electron chi connectivity index (χ3n) is 3.80. The number of carbonyl (C=O) groups is 1. The number of nitrogens with one attached hydrogen (secondary N) is 1. The molecule has 2 N–H and O–H groups in total. The first-order chi connectivity index (χ1) is 9.56. The monoisotopic (exact) mass is 283 g/mol. The Morgan fingerprint density at radius 1 is 1.35 bits per heavy atom. The van der Waals surface area contributed by atoms with Gasteiger partial charge < -0.3 is 20.2 Å². The van der Waals surface area contributed by atoms with Crippen LogP contribution in [0.4, 0.5) is 4.79 Å². The molecule has 0 bridgehead atoms. The molecule has 0 unspecified atom stereocenters. The summed E-state index contributed by atoms with van der Waals surface area (Å²) in [6.45, 7) is 5.59. The lowest BCUT2D eigenvalue weighted by molar-refractivity contribution is 0.172. The maximum Gasteiger partial charge on any atom is 0.317 e. The topological polar surface area (TPSA) is 55.8 Å². The molecule has 0 aromatic heterocycles. The van der Waals surface area contributed by atoms with E-state index >= 15 is 0 Å². The van der Waals surface area contributed by atoms with Gasteiger partial charge >= 0.3 is 6.03 Å². The minimum Gasteiger partial charge on any atom is -0.395 e. The molecule has 0 radical (unpaired) electrons. The molecule has 116 valence electrons. The van der Waals surface area contributed by atoms with Crippen molar-refractivity contribution < 1.29 is 9.90 Å². The molecule has 1 fully saturated rings. The fourth-order valence-corrected chi connectivity index (χ4v) is 2.82. The molecule has 0 heterocycles. The smallest absolute Gasteiger partial charge is 0.317 e. The molecule has 5 heteroatoms. The van der Waals surface area contributed by atoms with E-state index in [1.54, 1.807) is 11.0 Å². The van der Waals surface area contributed by atoms with Crippen LogP contribution in [0.25, 0.3) is 0 Å². The van der Waals surface area contributed by atoms with Gasteiger partial charge in [-0.25, -0.2) is 4.79 Å². The average Bonchev–Trinajstić information content (AvgIpc) is 2.40. The second kappa shape index (κ2) is 8.97. The Kier molecular flexibility index (Phi) is 7.62. The average molecular weight is 283 g/mol. The Morgan fingerprint density at radius 2 is 2.00 bits per heavy atom. The van der Waals surface area contributed by atoms with Gasteiger partial charge in [-0.2, -0.15) is 0 Å². The molecular formula is C15H29N3O2. The van der Waals surface area contributed by atoms with Crippen LogP contribution >= 0.6 is 0 Å². The first-order valence-corrected chi connectivity index (χ1v) is 7.48. The predicted molar refractivity (Wildman–Crippen MR) is 81.7 cm³/mol. The zero-order valence-electron chi connectivity index (χ0n) is 12.8. The highest BCUT2D eigenvalue weighted by Crippen LogP contribution is 2.24. The molecule has 20 heavy (non-hydrogen) atoms. The van der Waals surface area contributed by atoms with Crippen LogP contribution in [0.15, 0.2) is 12.7 Å². The van der Waals surface area contributed by atoms with Crippen molar-refractivity contribution in [3.63, 3.8) is 0 Å². The van der Waals surface area contributed by atoms with E-state index in [4.69, 9.17) is 5.11 Å². The van der Waals surface area contributed by atoms with E-state index in [1.165, 1.54) is 12.8 Å². The molecular weight excluding hydrogens is 254 g/mol. The van der Waals surface area contributed by atoms with E-state index < -0.39 is 0 Å². The molecule has 1 aliphatic carbocycles. The first kappa shape index (κ1) is 17.0. The van der Waals surface area contributed by atoms with Crippen molar-refractivity contribution in [1.29, 1.82) is 0 Å². The molecule has 0 atom stereocenters. The number of hydrogen-bond acceptors (Lipinski definition) is 3. The lowest BCUT2D eigenvalue weighted by Gasteiger charge is -2.32. The van der Waals surface area contributed by atoms with Crippen LogP contribution in [0.3, 0.4) is 0 Å². The number of carbonyl (C=O) groups excluding carboxylic acids is 1. The summed E-state index contributed by atoms with van der Waals surface area (Å²) < 4.78 is 0. The number of nitrogens with zero attached hydrogens (tertiary/aromatic N) is 2. The summed E-state index contributed by atoms with van der Waals surface area (Å²) in [6, 6.07) is 0.182. The summed E-state index contributed by atoms with van der Waals surface area (Å²) in [5, 5.41) is 12.1. The molecule has 1 aliphatic rings. The van der Waals surface area contributed by atoms with Crippen LogP contribution < -0.4 is 5.32 Å². The highest BCUT2D eigenvalue weighted by molar-refractivity contribution is 5.74. The highest BCUT2D eigenvalue weighted by Gasteiger charge is 2.24. The standard InChI is InChI=1S/C15H29N3O2/c1-4-9-18(10-11-19)15(20)16-14-7-5-13(6-8-14)12-17(2)3/h4,13-14,19H,1,5-12H2,2-3H3,(H,16,20). The summed E-state index contributed by atoms with van der Waals surface area (Å²) in [5.74, 6) is 0.750. The molecule has 1 saturated carbocycles. The number of rotatable bonds is 7. The number of aliphatic hydroxyl groups is 1. The van der Waals surface area contributed by atoms with E-state index in [0.29, 0.717) is 13.1 Å². The van der Waals surface area contributed by atoms with Crippen LogP contribution in [0.5, 0.6) is 0 Å². The molecule has 5 nitrogen and oxygen atoms in total. The molecule has 0 aliphatic heterocycles. The van der Waals surface area contributed by atoms with Crippen molar-refractivity contribution in [3.8, 4) is 0 Å². The number of urea groups is 1. The van der Waals surface area contributed by atoms with Gasteiger partial charge in [0.05, 0.1) is 6.61 Å². The van der Waals surface area contributed by atoms with Crippen molar-refractivity contribution >= 4 is 6.03 Å². The molecule has 0 spiro atoms. The van der Waals surface area contributed by atoms with Crippen molar-refractivity contribution in [2.75, 3.05) is 40.3 Å². The Bertz CT molecular complexity index is 299. The third kappa shape index (κ3) is 5.92. The van der Waals surface area contributed by atoms with Gasteiger partial charge in [-0.3, -0.25) is 0 Å². The minimum absolute atomic E-state index is 0.0170. The summed E-state index contributed by atoms with van der Waals surface area (Å²) in [5.41, 5.74) is 0. The number of hydrogen-bond donors (Lipinski definition) is 2. The number of aliphatic hydroxyl groups excluding tert-OH is 1. The first-order valence-electron chi connectivity index (χ1n) is 7.48. The molecule has 0 saturated heterocycles. The van der Waals surface area contributed by atoms with Crippen LogP contribution in [0, 0.1) is 5.92 Å². The largest absolute Gasteiger partial charge is 0.395 e. The van der Waals surface area contributed by atoms with E-state index in [9.17, 15) is 4.79 Å². The lowest BCUT2D eigenvalue weighted by Crippen LogP contribution is -2.47. The van der Waals surface area contributed by atoms with Crippen molar-refractivity contribution in [3.05, 3.63) is 12.7 Å². The van der Waals surface area contributed by atoms with Crippen LogP contribution in [-0.4, -0.2) is 67.3 Å². The summed E-state index contributed by atoms with van der Waals surface area (Å²) in [7, 11) is 4.21. The highest BCUT2D eigenvalue weighted by atomic mass is 16.3. The molecule has 1 rings (SSSR count). The summed E-state index contributed by atoms with van der Waals surface area (Å²) in [4.78, 5) is 15.9. The van der Waals surface area contributed by atoms with E-state index in [-0.39, 0.29) is 18.7 Å². The molecule has 2 amide bonds. The second-order valence-electron chi connectivity index (χ2n) is 5.89. The van der Waals surface area contributed by atoms with Crippen LogP contribution in [0.1, 0.15) is 25.7 Å². The van der Waals surface area contributed by atoms with Gasteiger partial charge in [0.2, 0.25) is 0 Å². The van der Waals surface area contributed by atoms with Gasteiger partial charge in [0.25, 0.3) is 0 Å². The minimum atomic E-state index is -0.0880. The quantitative estimate of drug-likeness (QED) is 0.692. The molecule has 0 aromatic carbocycles. The SMILES string of the molecule is C=CCN(CCO)C(=O)NC1CCC(CN(C)C)CC1. The van der Waals surface area contributed by atoms with Gasteiger partial charge in [0.1, 0.15) is 0 Å². The van der Waals surface area contributed by atoms with Gasteiger partial charge in [-0.1, -0.05) is 6.08 Å². The van der Waals surface area contributed by atoms with Crippen molar-refractivity contribution in [2.24, 2.45) is 5.92 Å². The second-order valence-corrected chi connectivity index (χ2v) is 5.89. The van der Waals surface area contributed by atoms with Gasteiger partial charge in [-0.05, 0) is 45.7 Å². The van der Waals surface area contributed by atoms with Crippen molar-refractivity contribution in [1.82, 2.24) is 15.1 Å². The Hall–Kier alpha value is -1.07. The Balaban J connectivity index is 2.34.